The average Bonchev–Trinajstić information content (AvgIpc) is 2.30. The molecule has 0 saturated carbocycles. The van der Waals surface area contributed by atoms with Gasteiger partial charge in [-0.1, -0.05) is 6.07 Å². The molecular formula is C11H15N3O5S. The van der Waals surface area contributed by atoms with E-state index < -0.39 is 26.6 Å². The van der Waals surface area contributed by atoms with Gasteiger partial charge in [-0.3, -0.25) is 19.6 Å². The van der Waals surface area contributed by atoms with Gasteiger partial charge in [0, 0.05) is 26.2 Å². The van der Waals surface area contributed by atoms with Crippen LogP contribution in [0.2, 0.25) is 0 Å². The van der Waals surface area contributed by atoms with Gasteiger partial charge in [-0.2, -0.15) is 0 Å². The smallest absolute Gasteiger partial charge is 0.271 e. The van der Waals surface area contributed by atoms with Crippen molar-refractivity contribution in [3.8, 4) is 0 Å². The molecule has 110 valence electrons. The molecule has 0 aliphatic heterocycles. The van der Waals surface area contributed by atoms with E-state index in [2.05, 4.69) is 4.72 Å². The average molecular weight is 301 g/mol. The van der Waals surface area contributed by atoms with Crippen molar-refractivity contribution in [3.05, 3.63) is 33.9 Å². The van der Waals surface area contributed by atoms with Gasteiger partial charge in [0.25, 0.3) is 5.69 Å². The van der Waals surface area contributed by atoms with Gasteiger partial charge in [0.05, 0.1) is 10.6 Å². The predicted molar refractivity (Wildman–Crippen MR) is 73.9 cm³/mol. The fourth-order valence-electron chi connectivity index (χ4n) is 1.33. The van der Waals surface area contributed by atoms with Crippen molar-refractivity contribution in [3.63, 3.8) is 0 Å². The highest BCUT2D eigenvalue weighted by molar-refractivity contribution is 7.93. The Hall–Kier alpha value is -2.16. The molecule has 1 N–H and O–H groups in total. The monoisotopic (exact) mass is 301 g/mol. The minimum absolute atomic E-state index is 0.0887. The molecule has 1 aromatic carbocycles. The molecule has 0 heterocycles. The number of hydrogen-bond acceptors (Lipinski definition) is 5. The summed E-state index contributed by atoms with van der Waals surface area (Å²) in [6, 6.07) is 3.83. The van der Waals surface area contributed by atoms with E-state index in [1.807, 2.05) is 0 Å². The van der Waals surface area contributed by atoms with Crippen LogP contribution in [0.25, 0.3) is 0 Å². The van der Waals surface area contributed by atoms with Crippen LogP contribution in [0.15, 0.2) is 18.2 Å². The molecule has 1 amide bonds. The highest BCUT2D eigenvalue weighted by Gasteiger charge is 2.19. The topological polar surface area (TPSA) is 110 Å². The number of hydrogen-bond donors (Lipinski definition) is 1. The summed E-state index contributed by atoms with van der Waals surface area (Å²) in [5.41, 5.74) is 0.384. The van der Waals surface area contributed by atoms with E-state index in [4.69, 9.17) is 0 Å². The van der Waals surface area contributed by atoms with Crippen molar-refractivity contribution in [2.24, 2.45) is 0 Å². The van der Waals surface area contributed by atoms with Crippen LogP contribution >= 0.6 is 0 Å². The maximum atomic E-state index is 11.8. The summed E-state index contributed by atoms with van der Waals surface area (Å²) in [6.45, 7) is 1.61. The number of nitro benzene ring substituents is 1. The second-order valence-corrected chi connectivity index (χ2v) is 6.13. The van der Waals surface area contributed by atoms with Crippen LogP contribution in [0, 0.1) is 17.0 Å². The molecular weight excluding hydrogens is 286 g/mol. The zero-order valence-corrected chi connectivity index (χ0v) is 12.1. The standard InChI is InChI=1S/C11H15N3O5S/c1-8-4-5-9(14(16)17)6-10(8)12-20(18,19)7-11(15)13(2)3/h4-6,12H,7H2,1-3H3. The number of sulfonamides is 1. The molecule has 1 rings (SSSR count). The van der Waals surface area contributed by atoms with Gasteiger partial charge < -0.3 is 4.90 Å². The van der Waals surface area contributed by atoms with E-state index in [1.165, 1.54) is 26.2 Å². The Balaban J connectivity index is 3.00. The molecule has 0 bridgehead atoms. The fraction of sp³-hybridized carbons (Fsp3) is 0.364. The molecule has 0 aliphatic rings. The normalized spacial score (nSPS) is 10.9. The number of aryl methyl sites for hydroxylation is 1. The summed E-state index contributed by atoms with van der Waals surface area (Å²) in [5, 5.41) is 10.7. The van der Waals surface area contributed by atoms with E-state index in [9.17, 15) is 23.3 Å². The lowest BCUT2D eigenvalue weighted by Gasteiger charge is -2.13. The first-order chi connectivity index (χ1) is 9.12. The van der Waals surface area contributed by atoms with E-state index in [1.54, 1.807) is 6.92 Å². The molecule has 0 unspecified atom stereocenters. The van der Waals surface area contributed by atoms with Gasteiger partial charge in [0.1, 0.15) is 5.75 Å². The Morgan fingerprint density at radius 3 is 2.50 bits per heavy atom. The molecule has 0 saturated heterocycles. The largest absolute Gasteiger partial charge is 0.348 e. The first-order valence-corrected chi connectivity index (χ1v) is 7.23. The molecule has 8 nitrogen and oxygen atoms in total. The van der Waals surface area contributed by atoms with Crippen LogP contribution < -0.4 is 4.72 Å². The van der Waals surface area contributed by atoms with Gasteiger partial charge in [-0.15, -0.1) is 0 Å². The summed E-state index contributed by atoms with van der Waals surface area (Å²) < 4.78 is 25.8. The van der Waals surface area contributed by atoms with Crippen molar-refractivity contribution in [2.45, 2.75) is 6.92 Å². The quantitative estimate of drug-likeness (QED) is 0.637. The highest BCUT2D eigenvalue weighted by Crippen LogP contribution is 2.22. The number of rotatable bonds is 5. The predicted octanol–water partition coefficient (Wildman–Crippen LogP) is 0.733. The molecule has 0 radical (unpaired) electrons. The molecule has 0 spiro atoms. The summed E-state index contributed by atoms with van der Waals surface area (Å²) in [4.78, 5) is 22.6. The van der Waals surface area contributed by atoms with E-state index in [0.717, 1.165) is 11.0 Å². The Morgan fingerprint density at radius 2 is 2.00 bits per heavy atom. The minimum atomic E-state index is -3.91. The third-order valence-electron chi connectivity index (χ3n) is 2.51. The van der Waals surface area contributed by atoms with Crippen LogP contribution in [0.4, 0.5) is 11.4 Å². The lowest BCUT2D eigenvalue weighted by atomic mass is 10.2. The van der Waals surface area contributed by atoms with Crippen molar-refractivity contribution >= 4 is 27.3 Å². The third-order valence-corrected chi connectivity index (χ3v) is 3.67. The Bertz CT molecular complexity index is 639. The lowest BCUT2D eigenvalue weighted by molar-refractivity contribution is -0.384. The highest BCUT2D eigenvalue weighted by atomic mass is 32.2. The molecule has 1 aromatic rings. The fourth-order valence-corrected chi connectivity index (χ4v) is 2.54. The molecule has 20 heavy (non-hydrogen) atoms. The van der Waals surface area contributed by atoms with Crippen LogP contribution in [0.3, 0.4) is 0 Å². The number of nitrogens with zero attached hydrogens (tertiary/aromatic N) is 2. The van der Waals surface area contributed by atoms with Crippen LogP contribution in [0.1, 0.15) is 5.56 Å². The maximum absolute atomic E-state index is 11.8. The van der Waals surface area contributed by atoms with Crippen LogP contribution in [-0.2, 0) is 14.8 Å². The number of non-ortho nitro benzene ring substituents is 1. The number of anilines is 1. The number of nitro groups is 1. The third kappa shape index (κ3) is 4.19. The summed E-state index contributed by atoms with van der Waals surface area (Å²) in [7, 11) is -1.03. The Kier molecular flexibility index (Phi) is 4.66. The van der Waals surface area contributed by atoms with Crippen molar-refractivity contribution in [1.82, 2.24) is 4.90 Å². The molecule has 0 fully saturated rings. The van der Waals surface area contributed by atoms with E-state index in [0.29, 0.717) is 5.56 Å². The number of carbonyl (C=O) groups is 1. The Labute approximate surface area is 116 Å². The van der Waals surface area contributed by atoms with Crippen LogP contribution in [0.5, 0.6) is 0 Å². The first-order valence-electron chi connectivity index (χ1n) is 5.58. The first kappa shape index (κ1) is 15.9. The number of nitrogens with one attached hydrogen (secondary N) is 1. The summed E-state index contributed by atoms with van der Waals surface area (Å²) in [6.07, 6.45) is 0. The van der Waals surface area contributed by atoms with Gasteiger partial charge >= 0.3 is 0 Å². The maximum Gasteiger partial charge on any atom is 0.271 e. The van der Waals surface area contributed by atoms with E-state index >= 15 is 0 Å². The zero-order chi connectivity index (χ0) is 15.5. The van der Waals surface area contributed by atoms with Gasteiger partial charge in [0.15, 0.2) is 0 Å². The number of benzene rings is 1. The van der Waals surface area contributed by atoms with Gasteiger partial charge in [-0.25, -0.2) is 8.42 Å². The van der Waals surface area contributed by atoms with Gasteiger partial charge in [0.2, 0.25) is 15.9 Å². The number of amides is 1. The second-order valence-electron chi connectivity index (χ2n) is 4.41. The summed E-state index contributed by atoms with van der Waals surface area (Å²) in [5.74, 6) is -1.30. The zero-order valence-electron chi connectivity index (χ0n) is 11.3. The molecule has 0 aliphatic carbocycles. The molecule has 0 aromatic heterocycles. The van der Waals surface area contributed by atoms with Crippen molar-refractivity contribution in [1.29, 1.82) is 0 Å². The molecule has 0 atom stereocenters. The second kappa shape index (κ2) is 5.87. The SMILES string of the molecule is Cc1ccc([N+](=O)[O-])cc1NS(=O)(=O)CC(=O)N(C)C. The van der Waals surface area contributed by atoms with E-state index in [-0.39, 0.29) is 11.4 Å². The molecule has 9 heteroatoms. The Morgan fingerprint density at radius 1 is 1.40 bits per heavy atom. The van der Waals surface area contributed by atoms with Gasteiger partial charge in [-0.05, 0) is 12.5 Å². The van der Waals surface area contributed by atoms with Crippen molar-refractivity contribution in [2.75, 3.05) is 24.6 Å². The minimum Gasteiger partial charge on any atom is -0.348 e. The summed E-state index contributed by atoms with van der Waals surface area (Å²) >= 11 is 0. The lowest BCUT2D eigenvalue weighted by Crippen LogP contribution is -2.32. The number of carbonyl (C=O) groups excluding carboxylic acids is 1. The van der Waals surface area contributed by atoms with Crippen molar-refractivity contribution < 1.29 is 18.1 Å². The van der Waals surface area contributed by atoms with Crippen LogP contribution in [-0.4, -0.2) is 44.0 Å².